The predicted molar refractivity (Wildman–Crippen MR) is 79.2 cm³/mol. The topological polar surface area (TPSA) is 76.0 Å². The Morgan fingerprint density at radius 3 is 2.85 bits per heavy atom. The molecule has 0 aliphatic heterocycles. The average molecular weight is 314 g/mol. The normalized spacial score (nSPS) is 11.9. The molecule has 0 radical (unpaired) electrons. The van der Waals surface area contributed by atoms with E-state index in [1.807, 2.05) is 25.7 Å². The van der Waals surface area contributed by atoms with Gasteiger partial charge in [-0.25, -0.2) is 13.1 Å². The summed E-state index contributed by atoms with van der Waals surface area (Å²) in [5, 5.41) is 8.90. The Labute approximate surface area is 122 Å². The summed E-state index contributed by atoms with van der Waals surface area (Å²) in [7, 11) is 0.260. The van der Waals surface area contributed by atoms with Crippen LogP contribution in [-0.4, -0.2) is 31.8 Å². The van der Waals surface area contributed by atoms with Crippen molar-refractivity contribution >= 4 is 21.4 Å². The van der Waals surface area contributed by atoms with E-state index in [0.717, 1.165) is 11.1 Å². The summed E-state index contributed by atoms with van der Waals surface area (Å²) in [6.07, 6.45) is 4.25. The summed E-state index contributed by atoms with van der Waals surface area (Å²) in [4.78, 5) is 0. The fourth-order valence-electron chi connectivity index (χ4n) is 1.79. The first-order valence-electron chi connectivity index (χ1n) is 6.20. The molecule has 0 saturated carbocycles. The molecular formula is C12H18N4O2S2. The zero-order chi connectivity index (χ0) is 14.6. The van der Waals surface area contributed by atoms with Crippen LogP contribution in [0.15, 0.2) is 28.0 Å². The fraction of sp³-hybridized carbons (Fsp3) is 0.417. The van der Waals surface area contributed by atoms with Gasteiger partial charge >= 0.3 is 0 Å². The number of nitrogens with zero attached hydrogens (tertiary/aromatic N) is 2. The van der Waals surface area contributed by atoms with Crippen molar-refractivity contribution in [3.63, 3.8) is 0 Å². The molecule has 0 unspecified atom stereocenters. The predicted octanol–water partition coefficient (Wildman–Crippen LogP) is 0.722. The van der Waals surface area contributed by atoms with Crippen LogP contribution < -0.4 is 10.0 Å². The molecule has 2 heterocycles. The minimum atomic E-state index is -3.41. The van der Waals surface area contributed by atoms with Gasteiger partial charge in [0, 0.05) is 26.3 Å². The summed E-state index contributed by atoms with van der Waals surface area (Å²) in [5.41, 5.74) is 1.99. The maximum Gasteiger partial charge on any atom is 0.250 e. The Balaban J connectivity index is 1.92. The maximum absolute atomic E-state index is 12.1. The second-order valence-electron chi connectivity index (χ2n) is 4.47. The lowest BCUT2D eigenvalue weighted by atomic mass is 10.3. The van der Waals surface area contributed by atoms with Gasteiger partial charge < -0.3 is 5.32 Å². The van der Waals surface area contributed by atoms with Gasteiger partial charge in [0.2, 0.25) is 10.0 Å². The lowest BCUT2D eigenvalue weighted by molar-refractivity contribution is 0.583. The van der Waals surface area contributed by atoms with E-state index in [1.165, 1.54) is 11.3 Å². The molecular weight excluding hydrogens is 296 g/mol. The Bertz CT molecular complexity index is 661. The molecule has 0 atom stereocenters. The van der Waals surface area contributed by atoms with Crippen molar-refractivity contribution in [2.24, 2.45) is 7.05 Å². The van der Waals surface area contributed by atoms with Gasteiger partial charge in [0.15, 0.2) is 0 Å². The van der Waals surface area contributed by atoms with E-state index in [4.69, 9.17) is 0 Å². The largest absolute Gasteiger partial charge is 0.316 e. The maximum atomic E-state index is 12.1. The van der Waals surface area contributed by atoms with E-state index in [0.29, 0.717) is 23.7 Å². The summed E-state index contributed by atoms with van der Waals surface area (Å²) < 4.78 is 28.9. The molecule has 2 N–H and O–H groups in total. The number of thiophene rings is 1. The van der Waals surface area contributed by atoms with Gasteiger partial charge in [-0.1, -0.05) is 0 Å². The molecule has 0 spiro atoms. The Hall–Kier alpha value is -1.22. The van der Waals surface area contributed by atoms with E-state index < -0.39 is 10.0 Å². The highest BCUT2D eigenvalue weighted by atomic mass is 32.2. The zero-order valence-corrected chi connectivity index (χ0v) is 13.1. The number of aryl methyl sites for hydroxylation is 1. The van der Waals surface area contributed by atoms with E-state index in [1.54, 1.807) is 16.9 Å². The molecule has 0 aromatic carbocycles. The lowest BCUT2D eigenvalue weighted by Crippen LogP contribution is -2.25. The minimum absolute atomic E-state index is 0.355. The number of hydrogen-bond acceptors (Lipinski definition) is 5. The third kappa shape index (κ3) is 3.89. The van der Waals surface area contributed by atoms with Crippen LogP contribution in [0.5, 0.6) is 0 Å². The van der Waals surface area contributed by atoms with Crippen LogP contribution >= 0.6 is 11.3 Å². The molecule has 0 saturated heterocycles. The molecule has 8 heteroatoms. The third-order valence-corrected chi connectivity index (χ3v) is 5.69. The Morgan fingerprint density at radius 1 is 1.40 bits per heavy atom. The van der Waals surface area contributed by atoms with Crippen molar-refractivity contribution in [1.82, 2.24) is 19.8 Å². The zero-order valence-electron chi connectivity index (χ0n) is 11.5. The number of nitrogens with one attached hydrogen (secondary N) is 2. The average Bonchev–Trinajstić information content (AvgIpc) is 2.99. The smallest absolute Gasteiger partial charge is 0.250 e. The van der Waals surface area contributed by atoms with E-state index in [-0.39, 0.29) is 0 Å². The van der Waals surface area contributed by atoms with Crippen molar-refractivity contribution in [3.05, 3.63) is 35.0 Å². The molecule has 0 amide bonds. The van der Waals surface area contributed by atoms with Crippen molar-refractivity contribution in [2.75, 3.05) is 13.6 Å². The second kappa shape index (κ2) is 6.49. The molecule has 2 rings (SSSR count). The fourth-order valence-corrected chi connectivity index (χ4v) is 4.08. The van der Waals surface area contributed by atoms with Crippen molar-refractivity contribution in [1.29, 1.82) is 0 Å². The van der Waals surface area contributed by atoms with Crippen LogP contribution in [0.1, 0.15) is 11.1 Å². The molecule has 110 valence electrons. The van der Waals surface area contributed by atoms with E-state index in [2.05, 4.69) is 15.1 Å². The quantitative estimate of drug-likeness (QED) is 0.790. The number of rotatable bonds is 7. The molecule has 0 bridgehead atoms. The number of sulfonamides is 1. The lowest BCUT2D eigenvalue weighted by Gasteiger charge is -2.03. The van der Waals surface area contributed by atoms with Gasteiger partial charge in [-0.3, -0.25) is 4.68 Å². The number of hydrogen-bond donors (Lipinski definition) is 2. The van der Waals surface area contributed by atoms with Gasteiger partial charge in [0.25, 0.3) is 0 Å². The van der Waals surface area contributed by atoms with Gasteiger partial charge in [-0.15, -0.1) is 11.3 Å². The molecule has 0 aliphatic rings. The van der Waals surface area contributed by atoms with Gasteiger partial charge in [-0.05, 0) is 36.0 Å². The first-order chi connectivity index (χ1) is 9.51. The van der Waals surface area contributed by atoms with E-state index in [9.17, 15) is 8.42 Å². The highest BCUT2D eigenvalue weighted by Gasteiger charge is 2.16. The summed E-state index contributed by atoms with van der Waals surface area (Å²) in [6, 6.07) is 1.70. The van der Waals surface area contributed by atoms with Crippen molar-refractivity contribution in [3.8, 4) is 0 Å². The van der Waals surface area contributed by atoms with E-state index >= 15 is 0 Å². The number of aromatic nitrogens is 2. The first kappa shape index (κ1) is 15.2. The SMILES string of the molecule is CNCc1csc(S(=O)(=O)NCCc2cnn(C)c2)c1. The van der Waals surface area contributed by atoms with Crippen LogP contribution in [0.3, 0.4) is 0 Å². The minimum Gasteiger partial charge on any atom is -0.316 e. The third-order valence-electron chi connectivity index (χ3n) is 2.74. The standard InChI is InChI=1S/C12H18N4O2S2/c1-13-6-11-5-12(19-9-11)20(17,18)15-4-3-10-7-14-16(2)8-10/h5,7-9,13,15H,3-4,6H2,1-2H3. The Kier molecular flexibility index (Phi) is 4.92. The van der Waals surface area contributed by atoms with Crippen molar-refractivity contribution < 1.29 is 8.42 Å². The molecule has 2 aromatic rings. The van der Waals surface area contributed by atoms with Crippen molar-refractivity contribution in [2.45, 2.75) is 17.2 Å². The molecule has 0 fully saturated rings. The van der Waals surface area contributed by atoms with Gasteiger partial charge in [0.1, 0.15) is 4.21 Å². The van der Waals surface area contributed by atoms with Crippen LogP contribution in [0.25, 0.3) is 0 Å². The summed E-state index contributed by atoms with van der Waals surface area (Å²) in [6.45, 7) is 1.04. The summed E-state index contributed by atoms with van der Waals surface area (Å²) in [5.74, 6) is 0. The highest BCUT2D eigenvalue weighted by molar-refractivity contribution is 7.91. The van der Waals surface area contributed by atoms with Crippen LogP contribution in [0.4, 0.5) is 0 Å². The Morgan fingerprint density at radius 2 is 2.20 bits per heavy atom. The van der Waals surface area contributed by atoms with Gasteiger partial charge in [0.05, 0.1) is 6.20 Å². The molecule has 2 aromatic heterocycles. The highest BCUT2D eigenvalue weighted by Crippen LogP contribution is 2.19. The van der Waals surface area contributed by atoms with Crippen LogP contribution in [0.2, 0.25) is 0 Å². The monoisotopic (exact) mass is 314 g/mol. The first-order valence-corrected chi connectivity index (χ1v) is 8.57. The second-order valence-corrected chi connectivity index (χ2v) is 7.38. The summed E-state index contributed by atoms with van der Waals surface area (Å²) >= 11 is 1.24. The molecule has 0 aliphatic carbocycles. The van der Waals surface area contributed by atoms with Crippen LogP contribution in [-0.2, 0) is 30.0 Å². The molecule has 6 nitrogen and oxygen atoms in total. The van der Waals surface area contributed by atoms with Crippen LogP contribution in [0, 0.1) is 0 Å². The van der Waals surface area contributed by atoms with Gasteiger partial charge in [-0.2, -0.15) is 5.10 Å². The molecule has 20 heavy (non-hydrogen) atoms.